The van der Waals surface area contributed by atoms with Gasteiger partial charge in [-0.15, -0.1) is 0 Å². The normalized spacial score (nSPS) is 10.2. The number of rotatable bonds is 2. The second kappa shape index (κ2) is 4.38. The Morgan fingerprint density at radius 1 is 1.23 bits per heavy atom. The van der Waals surface area contributed by atoms with Crippen molar-refractivity contribution in [1.82, 2.24) is 0 Å². The fourth-order valence-electron chi connectivity index (χ4n) is 0.978. The van der Waals surface area contributed by atoms with E-state index < -0.39 is 0 Å². The van der Waals surface area contributed by atoms with Gasteiger partial charge >= 0.3 is 5.97 Å². The fourth-order valence-corrected chi connectivity index (χ4v) is 1.72. The number of hydrogen-bond acceptors (Lipinski definition) is 2. The molecule has 0 saturated carbocycles. The summed E-state index contributed by atoms with van der Waals surface area (Å²) in [7, 11) is -0.0688. The Bertz CT molecular complexity index is 290. The molecule has 70 valence electrons. The first-order chi connectivity index (χ1) is 6.09. The van der Waals surface area contributed by atoms with E-state index in [1.165, 1.54) is 12.2 Å². The molecule has 0 aromatic heterocycles. The summed E-state index contributed by atoms with van der Waals surface area (Å²) in [4.78, 5) is 10.6. The van der Waals surface area contributed by atoms with Gasteiger partial charge in [0.2, 0.25) is 0 Å². The minimum absolute atomic E-state index is 0.0688. The number of hydrogen-bond donors (Lipinski definition) is 0. The zero-order chi connectivity index (χ0) is 9.84. The maximum absolute atomic E-state index is 10.6. The molecular weight excluding hydrogens is 183 g/mol. The van der Waals surface area contributed by atoms with Crippen LogP contribution in [-0.4, -0.2) is 19.3 Å². The van der Waals surface area contributed by atoms with E-state index in [1.807, 2.05) is 24.3 Å². The van der Waals surface area contributed by atoms with Crippen LogP contribution in [0.25, 0.3) is 0 Å². The summed E-state index contributed by atoms with van der Waals surface area (Å²) in [6, 6.07) is 7.67. The Balaban J connectivity index is 2.75. The van der Waals surface area contributed by atoms with E-state index in [1.54, 1.807) is 0 Å². The van der Waals surface area contributed by atoms with Crippen LogP contribution < -0.4 is 10.0 Å². The van der Waals surface area contributed by atoms with Crippen molar-refractivity contribution in [3.05, 3.63) is 24.3 Å². The Kier molecular flexibility index (Phi) is 3.44. The highest BCUT2D eigenvalue weighted by atomic mass is 31.1. The Morgan fingerprint density at radius 2 is 1.77 bits per heavy atom. The van der Waals surface area contributed by atoms with E-state index in [4.69, 9.17) is 4.74 Å². The van der Waals surface area contributed by atoms with Crippen LogP contribution in [0.5, 0.6) is 5.75 Å². The van der Waals surface area contributed by atoms with Crippen LogP contribution in [-0.2, 0) is 4.79 Å². The van der Waals surface area contributed by atoms with Gasteiger partial charge in [0.05, 0.1) is 0 Å². The van der Waals surface area contributed by atoms with Crippen LogP contribution in [0.1, 0.15) is 6.92 Å². The van der Waals surface area contributed by atoms with Gasteiger partial charge in [-0.3, -0.25) is 4.79 Å². The van der Waals surface area contributed by atoms with Gasteiger partial charge in [0.1, 0.15) is 5.75 Å². The average Bonchev–Trinajstić information content (AvgIpc) is 2.04. The number of benzene rings is 1. The molecule has 0 heterocycles. The Morgan fingerprint density at radius 3 is 2.15 bits per heavy atom. The van der Waals surface area contributed by atoms with Crippen molar-refractivity contribution >= 4 is 19.2 Å². The van der Waals surface area contributed by atoms with Crippen LogP contribution >= 0.6 is 7.92 Å². The molecule has 1 aromatic carbocycles. The molecule has 0 saturated heterocycles. The molecule has 3 heteroatoms. The third-order valence-corrected chi connectivity index (χ3v) is 2.95. The summed E-state index contributed by atoms with van der Waals surface area (Å²) in [6.07, 6.45) is 0. The first kappa shape index (κ1) is 10.2. The predicted octanol–water partition coefficient (Wildman–Crippen LogP) is 1.98. The van der Waals surface area contributed by atoms with E-state index in [9.17, 15) is 4.79 Å². The zero-order valence-corrected chi connectivity index (χ0v) is 8.97. The van der Waals surface area contributed by atoms with Crippen molar-refractivity contribution in [2.45, 2.75) is 6.92 Å². The lowest BCUT2D eigenvalue weighted by molar-refractivity contribution is -0.131. The van der Waals surface area contributed by atoms with Gasteiger partial charge in [-0.05, 0) is 30.8 Å². The molecule has 13 heavy (non-hydrogen) atoms. The summed E-state index contributed by atoms with van der Waals surface area (Å²) in [5, 5.41) is 1.31. The third kappa shape index (κ3) is 3.16. The molecule has 0 bridgehead atoms. The van der Waals surface area contributed by atoms with Gasteiger partial charge < -0.3 is 4.74 Å². The summed E-state index contributed by atoms with van der Waals surface area (Å²) in [6.45, 7) is 5.78. The lowest BCUT2D eigenvalue weighted by Crippen LogP contribution is -2.03. The lowest BCUT2D eigenvalue weighted by Gasteiger charge is -2.06. The minimum atomic E-state index is -0.275. The van der Waals surface area contributed by atoms with Crippen LogP contribution in [0, 0.1) is 0 Å². The van der Waals surface area contributed by atoms with E-state index >= 15 is 0 Å². The highest BCUT2D eigenvalue weighted by Crippen LogP contribution is 2.24. The second-order valence-corrected chi connectivity index (χ2v) is 5.29. The number of carbonyl (C=O) groups excluding carboxylic acids is 1. The Labute approximate surface area is 79.7 Å². The Hall–Kier alpha value is -0.880. The topological polar surface area (TPSA) is 26.3 Å². The van der Waals surface area contributed by atoms with Crippen molar-refractivity contribution in [1.29, 1.82) is 0 Å². The van der Waals surface area contributed by atoms with Gasteiger partial charge in [0.15, 0.2) is 0 Å². The predicted molar refractivity (Wildman–Crippen MR) is 56.2 cm³/mol. The summed E-state index contributed by atoms with van der Waals surface area (Å²) < 4.78 is 4.92. The molecule has 0 radical (unpaired) electrons. The van der Waals surface area contributed by atoms with Crippen LogP contribution in [0.3, 0.4) is 0 Å². The van der Waals surface area contributed by atoms with E-state index in [0.717, 1.165) is 0 Å². The maximum Gasteiger partial charge on any atom is 0.308 e. The van der Waals surface area contributed by atoms with Crippen LogP contribution in [0.2, 0.25) is 0 Å². The van der Waals surface area contributed by atoms with Gasteiger partial charge in [0.25, 0.3) is 0 Å². The van der Waals surface area contributed by atoms with Crippen molar-refractivity contribution in [2.24, 2.45) is 0 Å². The molecule has 0 spiro atoms. The molecule has 0 N–H and O–H groups in total. The molecule has 0 atom stereocenters. The largest absolute Gasteiger partial charge is 0.427 e. The number of esters is 1. The summed E-state index contributed by atoms with van der Waals surface area (Å²) in [5.41, 5.74) is 0. The molecule has 1 aromatic rings. The van der Waals surface area contributed by atoms with E-state index in [0.29, 0.717) is 5.75 Å². The zero-order valence-electron chi connectivity index (χ0n) is 8.07. The molecule has 0 aliphatic heterocycles. The molecule has 0 unspecified atom stereocenters. The van der Waals surface area contributed by atoms with Gasteiger partial charge in [-0.1, -0.05) is 20.1 Å². The molecule has 2 nitrogen and oxygen atoms in total. The first-order valence-corrected chi connectivity index (χ1v) is 6.29. The minimum Gasteiger partial charge on any atom is -0.427 e. The quantitative estimate of drug-likeness (QED) is 0.410. The molecule has 0 fully saturated rings. The van der Waals surface area contributed by atoms with Crippen LogP contribution in [0.15, 0.2) is 24.3 Å². The standard InChI is InChI=1S/C10H13O2P/c1-8(11)12-9-4-6-10(7-5-9)13(2)3/h4-7H,1-3H3. The van der Waals surface area contributed by atoms with Crippen molar-refractivity contribution in [2.75, 3.05) is 13.3 Å². The molecular formula is C10H13O2P. The highest BCUT2D eigenvalue weighted by molar-refractivity contribution is 7.64. The lowest BCUT2D eigenvalue weighted by atomic mass is 10.3. The third-order valence-electron chi connectivity index (χ3n) is 1.61. The van der Waals surface area contributed by atoms with Crippen molar-refractivity contribution in [3.63, 3.8) is 0 Å². The smallest absolute Gasteiger partial charge is 0.308 e. The summed E-state index contributed by atoms with van der Waals surface area (Å²) in [5.74, 6) is 0.344. The van der Waals surface area contributed by atoms with Gasteiger partial charge in [-0.2, -0.15) is 0 Å². The van der Waals surface area contributed by atoms with Crippen molar-refractivity contribution < 1.29 is 9.53 Å². The monoisotopic (exact) mass is 196 g/mol. The summed E-state index contributed by atoms with van der Waals surface area (Å²) >= 11 is 0. The van der Waals surface area contributed by atoms with Gasteiger partial charge in [0, 0.05) is 6.92 Å². The van der Waals surface area contributed by atoms with Crippen LogP contribution in [0.4, 0.5) is 0 Å². The molecule has 0 aliphatic carbocycles. The SMILES string of the molecule is CC(=O)Oc1ccc(P(C)C)cc1. The second-order valence-electron chi connectivity index (χ2n) is 2.98. The fraction of sp³-hybridized carbons (Fsp3) is 0.300. The van der Waals surface area contributed by atoms with E-state index in [-0.39, 0.29) is 13.9 Å². The number of carbonyl (C=O) groups is 1. The molecule has 1 rings (SSSR count). The molecule has 0 amide bonds. The number of ether oxygens (including phenoxy) is 1. The van der Waals surface area contributed by atoms with E-state index in [2.05, 4.69) is 13.3 Å². The average molecular weight is 196 g/mol. The highest BCUT2D eigenvalue weighted by Gasteiger charge is 2.00. The first-order valence-electron chi connectivity index (χ1n) is 4.05. The molecule has 0 aliphatic rings. The van der Waals surface area contributed by atoms with Gasteiger partial charge in [-0.25, -0.2) is 0 Å². The maximum atomic E-state index is 10.6. The van der Waals surface area contributed by atoms with Crippen molar-refractivity contribution in [3.8, 4) is 5.75 Å².